The Morgan fingerprint density at radius 3 is 1.14 bits per heavy atom. The number of hydrogen-bond acceptors (Lipinski definition) is 3. The van der Waals surface area contributed by atoms with Gasteiger partial charge in [0.15, 0.2) is 0 Å². The Hall–Kier alpha value is -7.55. The third-order valence-corrected chi connectivity index (χ3v) is 23.0. The summed E-state index contributed by atoms with van der Waals surface area (Å²) in [6, 6.07) is 47.5. The molecule has 0 saturated heterocycles. The first kappa shape index (κ1) is 69.3. The van der Waals surface area contributed by atoms with Crippen molar-refractivity contribution in [2.24, 2.45) is 9.98 Å². The largest absolute Gasteiger partial charge is 0.412 e. The third-order valence-electron chi connectivity index (χ3n) is 19.1. The molecule has 0 atom stereocenters. The summed E-state index contributed by atoms with van der Waals surface area (Å²) in [5.41, 5.74) is 27.4. The predicted molar refractivity (Wildman–Crippen MR) is 399 cm³/mol. The molecule has 0 aliphatic carbocycles. The molecule has 6 bridgehead atoms. The summed E-state index contributed by atoms with van der Waals surface area (Å²) in [7, 11) is 0. The van der Waals surface area contributed by atoms with E-state index in [9.17, 15) is 0 Å². The van der Waals surface area contributed by atoms with Crippen LogP contribution in [-0.4, -0.2) is 59.6 Å². The topological polar surface area (TPSA) is 126 Å². The first-order valence-electron chi connectivity index (χ1n) is 33.2. The normalized spacial score (nSPS) is 15.2. The zero-order valence-electron chi connectivity index (χ0n) is 60.5. The van der Waals surface area contributed by atoms with E-state index in [1.54, 1.807) is 0 Å². The first-order chi connectivity index (χ1) is 42.6. The van der Waals surface area contributed by atoms with Gasteiger partial charge in [-0.25, -0.2) is 0 Å². The number of H-pyrrole nitrogens is 1. The van der Waals surface area contributed by atoms with Gasteiger partial charge in [-0.3, -0.25) is 0 Å². The van der Waals surface area contributed by atoms with Gasteiger partial charge < -0.3 is 11.0 Å². The molecule has 12 rings (SSSR count). The molecule has 2 radical (unpaired) electrons. The Morgan fingerprint density at radius 1 is 0.383 bits per heavy atom. The number of nitrogens with zero attached hydrogens (tertiary/aromatic N) is 5. The quantitative estimate of drug-likeness (QED) is 0.134. The molecule has 94 heavy (non-hydrogen) atoms. The van der Waals surface area contributed by atoms with Gasteiger partial charge in [0.1, 0.15) is 0 Å². The molecule has 8 aromatic rings. The molecule has 0 saturated carbocycles. The summed E-state index contributed by atoms with van der Waals surface area (Å²) in [6.45, 7) is 56.3. The molecule has 8 nitrogen and oxygen atoms in total. The van der Waals surface area contributed by atoms with Crippen molar-refractivity contribution in [1.29, 1.82) is 0 Å². The van der Waals surface area contributed by atoms with Crippen LogP contribution < -0.4 is 10.7 Å². The van der Waals surface area contributed by atoms with E-state index in [0.717, 1.165) is 107 Å². The summed E-state index contributed by atoms with van der Waals surface area (Å²) in [4.78, 5) is 22.1. The molecule has 0 unspecified atom stereocenters. The minimum atomic E-state index is -2.21. The number of hydrogen-bond donors (Lipinski definition) is 1. The second-order valence-corrected chi connectivity index (χ2v) is 37.9. The number of fused-ring (bicyclic) bond motifs is 5. The van der Waals surface area contributed by atoms with E-state index in [0.29, 0.717) is 0 Å². The van der Waals surface area contributed by atoms with E-state index in [-0.39, 0.29) is 54.3 Å². The minimum absolute atomic E-state index is 0. The number of aliphatic imine (C=N–C) groups is 2. The fraction of sp³-hybridized carbons (Fsp3) is 0.376. The summed E-state index contributed by atoms with van der Waals surface area (Å²) >= 11 is -2.21. The Kier molecular flexibility index (Phi) is 17.2. The van der Waals surface area contributed by atoms with Crippen molar-refractivity contribution in [3.05, 3.63) is 245 Å². The first-order valence-corrected chi connectivity index (χ1v) is 35.8. The molecule has 9 heteroatoms. The maximum Gasteiger partial charge on any atom is -0.412 e. The predicted octanol–water partition coefficient (Wildman–Crippen LogP) is 17.2. The molecule has 0 amide bonds. The Labute approximate surface area is 571 Å². The average Bonchev–Trinajstić information content (AvgIpc) is 1.54. The molecule has 4 aliphatic heterocycles. The van der Waals surface area contributed by atoms with Crippen LogP contribution in [0, 0.1) is 12.3 Å². The Balaban J connectivity index is 0.00000482. The number of nitrogens with one attached hydrogen (secondary N) is 1. The van der Waals surface area contributed by atoms with E-state index >= 15 is 0 Å². The number of aromatic nitrogens is 4. The van der Waals surface area contributed by atoms with Gasteiger partial charge in [-0.1, -0.05) is 0 Å². The van der Waals surface area contributed by atoms with Gasteiger partial charge in [-0.05, 0) is 0 Å². The molecular weight excluding hydrogens is 1260 g/mol. The molecule has 4 aliphatic rings. The van der Waals surface area contributed by atoms with Crippen molar-refractivity contribution in [1.82, 2.24) is 15.5 Å². The summed E-state index contributed by atoms with van der Waals surface area (Å²) in [6.07, 6.45) is 10.6. The summed E-state index contributed by atoms with van der Waals surface area (Å²) < 4.78 is 5.57. The Bertz CT molecular complexity index is 4630. The van der Waals surface area contributed by atoms with Crippen LogP contribution in [0.15, 0.2) is 149 Å². The van der Waals surface area contributed by atoms with Gasteiger partial charge in [0.25, 0.3) is 0 Å². The monoisotopic (exact) mass is 1360 g/mol. The smallest absolute Gasteiger partial charge is 0.412 e. The summed E-state index contributed by atoms with van der Waals surface area (Å²) in [5.74, 6) is 3.61. The summed E-state index contributed by atoms with van der Waals surface area (Å²) in [5, 5.41) is 2.27. The van der Waals surface area contributed by atoms with Gasteiger partial charge in [-0.2, -0.15) is 0 Å². The number of aromatic amines is 1. The zero-order chi connectivity index (χ0) is 66.7. The number of imidazole rings is 1. The minimum Gasteiger partial charge on any atom is -0.412 e. The van der Waals surface area contributed by atoms with Crippen molar-refractivity contribution in [2.45, 2.75) is 209 Å². The Morgan fingerprint density at radius 2 is 0.745 bits per heavy atom. The van der Waals surface area contributed by atoms with Crippen LogP contribution in [0.4, 0.5) is 0 Å². The van der Waals surface area contributed by atoms with Crippen molar-refractivity contribution in [3.8, 4) is 23.7 Å². The van der Waals surface area contributed by atoms with Crippen LogP contribution in [0.5, 0.6) is 0 Å². The third kappa shape index (κ3) is 12.7. The van der Waals surface area contributed by atoms with Crippen LogP contribution in [0.3, 0.4) is 0 Å². The maximum atomic E-state index is 6.25. The van der Waals surface area contributed by atoms with Crippen molar-refractivity contribution in [2.75, 3.05) is 0 Å². The average molecular weight is 1360 g/mol. The molecular formula is C85H100N6O2Sn. The van der Waals surface area contributed by atoms with E-state index in [1.165, 1.54) is 55.6 Å². The van der Waals surface area contributed by atoms with Gasteiger partial charge in [0.2, 0.25) is 0 Å². The van der Waals surface area contributed by atoms with E-state index in [2.05, 4.69) is 304 Å². The molecule has 3 aromatic heterocycles. The van der Waals surface area contributed by atoms with E-state index in [4.69, 9.17) is 21.4 Å². The molecule has 0 spiro atoms. The van der Waals surface area contributed by atoms with Crippen LogP contribution in [0.1, 0.15) is 261 Å². The van der Waals surface area contributed by atoms with Crippen molar-refractivity contribution < 1.29 is 11.0 Å². The molecule has 5 N–H and O–H groups in total. The van der Waals surface area contributed by atoms with Gasteiger partial charge in [0.05, 0.1) is 0 Å². The van der Waals surface area contributed by atoms with E-state index < -0.39 is 21.7 Å². The van der Waals surface area contributed by atoms with Crippen LogP contribution in [0.25, 0.3) is 39.4 Å². The number of terminal acetylenes is 1. The van der Waals surface area contributed by atoms with E-state index in [1.807, 2.05) is 12.1 Å². The maximum absolute atomic E-state index is 6.25. The second-order valence-electron chi connectivity index (χ2n) is 34.7. The number of benzene rings is 5. The second kappa shape index (κ2) is 23.4. The van der Waals surface area contributed by atoms with Crippen molar-refractivity contribution >= 4 is 61.1 Å². The molecule has 7 heterocycles. The number of allylic oxidation sites excluding steroid dienone is 2. The fourth-order valence-electron chi connectivity index (χ4n) is 13.0. The van der Waals surface area contributed by atoms with Gasteiger partial charge in [-0.15, -0.1) is 6.42 Å². The van der Waals surface area contributed by atoms with Crippen LogP contribution >= 0.6 is 0 Å². The van der Waals surface area contributed by atoms with Gasteiger partial charge >= 0.3 is 558 Å². The van der Waals surface area contributed by atoms with Gasteiger partial charge in [0, 0.05) is 0 Å². The van der Waals surface area contributed by atoms with Crippen LogP contribution in [0.2, 0.25) is 0 Å². The molecule has 5 aromatic carbocycles. The number of rotatable bonds is 5. The molecule has 486 valence electrons. The fourth-order valence-corrected chi connectivity index (χ4v) is 16.9. The SMILES string of the molecule is C#Cc1ccc(-c2nc3c([nH]2)C2=NC3=C(c3cc(C(C)(C)C)cc(C(C)(C)C)c3)c3ccc4[n]3[Sn][n]3c(ccc3=C2c2cc(C(C)(C)C)cc(C(C)(C)C)c2)=C(c2cc(C(C)(C)C)cc(C(C)(C)C)c2)C2=NC(=C4c3cc(C(C)(C)C)cc(C(C)(C)C)c3)C=C2)cc1.O.O. The molecule has 0 fully saturated rings. The zero-order valence-corrected chi connectivity index (χ0v) is 63.4. The van der Waals surface area contributed by atoms with Crippen molar-refractivity contribution in [3.63, 3.8) is 0 Å². The van der Waals surface area contributed by atoms with Crippen LogP contribution in [-0.2, 0) is 43.3 Å². The standard InChI is InChI=1S/C85H96N6.2H2O.Sn/c1-26-49-27-29-50(30-28-49)77-90-75-73-71(53-41-59(82(14,15)16)47-60(42-53)83(17,18)19)67-35-33-65(87-67)69(51-37-55(78(2,3)4)45-56(38-51)79(5,6)7)63-31-32-64(86-63)70(52-39-57(80(8,9)10)46-58(40-52)81(11,12)13)66-34-36-68(88-66)72(74(89-73)76(75)91-77)54-43-61(84(20,21)22)48-62(44-54)85(23,24)25;;;/h1,27-48H,2-25H3,(H,90,91);2*1H2;/q-2;;;+2.